The average Bonchev–Trinajstić information content (AvgIpc) is 2.43. The Balaban J connectivity index is 1.92. The standard InChI is InChI=1S/C17H28N2O/c1-4-11-18-13-14-6-5-12-19-16(14)20-15-7-9-17(2,3)10-8-15/h5-6,12,15,18H,4,7-11,13H2,1-3H3. The zero-order valence-corrected chi connectivity index (χ0v) is 13.1. The Morgan fingerprint density at radius 3 is 2.80 bits per heavy atom. The normalized spacial score (nSPS) is 18.9. The van der Waals surface area contributed by atoms with Gasteiger partial charge in [0, 0.05) is 18.3 Å². The third kappa shape index (κ3) is 4.48. The van der Waals surface area contributed by atoms with Gasteiger partial charge in [-0.1, -0.05) is 26.8 Å². The molecule has 1 N–H and O–H groups in total. The fraction of sp³-hybridized carbons (Fsp3) is 0.706. The van der Waals surface area contributed by atoms with Crippen molar-refractivity contribution >= 4 is 0 Å². The summed E-state index contributed by atoms with van der Waals surface area (Å²) in [6.45, 7) is 8.76. The Kier molecular flexibility index (Phi) is 5.41. The second-order valence-electron chi connectivity index (χ2n) is 6.63. The van der Waals surface area contributed by atoms with Crippen molar-refractivity contribution in [1.82, 2.24) is 10.3 Å². The third-order valence-electron chi connectivity index (χ3n) is 4.16. The molecule has 2 rings (SSSR count). The van der Waals surface area contributed by atoms with Gasteiger partial charge in [0.25, 0.3) is 0 Å². The summed E-state index contributed by atoms with van der Waals surface area (Å²) in [6, 6.07) is 4.09. The summed E-state index contributed by atoms with van der Waals surface area (Å²) in [5, 5.41) is 3.42. The molecule has 0 bridgehead atoms. The van der Waals surface area contributed by atoms with Crippen LogP contribution in [0, 0.1) is 5.41 Å². The summed E-state index contributed by atoms with van der Waals surface area (Å²) in [4.78, 5) is 4.43. The molecule has 0 aliphatic heterocycles. The molecule has 1 heterocycles. The maximum absolute atomic E-state index is 6.16. The van der Waals surface area contributed by atoms with Crippen LogP contribution in [0.5, 0.6) is 5.88 Å². The van der Waals surface area contributed by atoms with Crippen LogP contribution in [0.1, 0.15) is 58.4 Å². The molecule has 1 aliphatic carbocycles. The van der Waals surface area contributed by atoms with Gasteiger partial charge in [0.15, 0.2) is 0 Å². The van der Waals surface area contributed by atoms with Crippen LogP contribution in [0.15, 0.2) is 18.3 Å². The minimum atomic E-state index is 0.336. The predicted molar refractivity (Wildman–Crippen MR) is 82.9 cm³/mol. The maximum Gasteiger partial charge on any atom is 0.218 e. The first-order valence-electron chi connectivity index (χ1n) is 7.92. The van der Waals surface area contributed by atoms with Crippen LogP contribution < -0.4 is 10.1 Å². The smallest absolute Gasteiger partial charge is 0.218 e. The first kappa shape index (κ1) is 15.3. The van der Waals surface area contributed by atoms with E-state index in [0.29, 0.717) is 11.5 Å². The van der Waals surface area contributed by atoms with Gasteiger partial charge in [-0.25, -0.2) is 4.98 Å². The number of ether oxygens (including phenoxy) is 1. The summed E-state index contributed by atoms with van der Waals surface area (Å²) in [6.07, 6.45) is 8.08. The SMILES string of the molecule is CCCNCc1cccnc1OC1CCC(C)(C)CC1. The van der Waals surface area contributed by atoms with Crippen molar-refractivity contribution in [3.8, 4) is 5.88 Å². The molecule has 3 nitrogen and oxygen atoms in total. The number of hydrogen-bond acceptors (Lipinski definition) is 3. The van der Waals surface area contributed by atoms with Crippen molar-refractivity contribution in [1.29, 1.82) is 0 Å². The Bertz CT molecular complexity index is 407. The van der Waals surface area contributed by atoms with Crippen molar-refractivity contribution < 1.29 is 4.74 Å². The highest BCUT2D eigenvalue weighted by atomic mass is 16.5. The van der Waals surface area contributed by atoms with Crippen molar-refractivity contribution in [2.24, 2.45) is 5.41 Å². The van der Waals surface area contributed by atoms with Crippen molar-refractivity contribution in [2.75, 3.05) is 6.54 Å². The van der Waals surface area contributed by atoms with E-state index in [1.54, 1.807) is 0 Å². The van der Waals surface area contributed by atoms with E-state index in [9.17, 15) is 0 Å². The Morgan fingerprint density at radius 1 is 1.35 bits per heavy atom. The molecular weight excluding hydrogens is 248 g/mol. The van der Waals surface area contributed by atoms with E-state index in [1.165, 1.54) is 18.4 Å². The molecule has 3 heteroatoms. The van der Waals surface area contributed by atoms with E-state index in [1.807, 2.05) is 12.3 Å². The molecule has 1 aliphatic rings. The van der Waals surface area contributed by atoms with E-state index < -0.39 is 0 Å². The van der Waals surface area contributed by atoms with Crippen LogP contribution in [-0.2, 0) is 6.54 Å². The van der Waals surface area contributed by atoms with Gasteiger partial charge in [0.05, 0.1) is 0 Å². The summed E-state index contributed by atoms with van der Waals surface area (Å²) in [7, 11) is 0. The van der Waals surface area contributed by atoms with E-state index in [-0.39, 0.29) is 0 Å². The van der Waals surface area contributed by atoms with Crippen molar-refractivity contribution in [3.05, 3.63) is 23.9 Å². The second-order valence-corrected chi connectivity index (χ2v) is 6.63. The van der Waals surface area contributed by atoms with E-state index in [2.05, 4.69) is 37.1 Å². The first-order chi connectivity index (χ1) is 9.61. The summed E-state index contributed by atoms with van der Waals surface area (Å²) in [5.74, 6) is 0.820. The fourth-order valence-corrected chi connectivity index (χ4v) is 2.71. The lowest BCUT2D eigenvalue weighted by atomic mass is 9.76. The molecule has 1 saturated carbocycles. The molecule has 0 spiro atoms. The Labute approximate surface area is 123 Å². The lowest BCUT2D eigenvalue weighted by Crippen LogP contribution is -2.29. The quantitative estimate of drug-likeness (QED) is 0.799. The minimum absolute atomic E-state index is 0.336. The first-order valence-corrected chi connectivity index (χ1v) is 7.92. The molecule has 20 heavy (non-hydrogen) atoms. The van der Waals surface area contributed by atoms with Gasteiger partial charge in [-0.05, 0) is 50.1 Å². The monoisotopic (exact) mass is 276 g/mol. The molecule has 0 atom stereocenters. The highest BCUT2D eigenvalue weighted by Gasteiger charge is 2.28. The maximum atomic E-state index is 6.16. The number of pyridine rings is 1. The van der Waals surface area contributed by atoms with Gasteiger partial charge in [-0.15, -0.1) is 0 Å². The van der Waals surface area contributed by atoms with Crippen molar-refractivity contribution in [3.63, 3.8) is 0 Å². The second kappa shape index (κ2) is 7.07. The van der Waals surface area contributed by atoms with Crippen LogP contribution in [-0.4, -0.2) is 17.6 Å². The molecule has 0 aromatic carbocycles. The van der Waals surface area contributed by atoms with Crippen LogP contribution in [0.25, 0.3) is 0 Å². The van der Waals surface area contributed by atoms with Gasteiger partial charge in [-0.2, -0.15) is 0 Å². The summed E-state index contributed by atoms with van der Waals surface area (Å²) in [5.41, 5.74) is 1.65. The van der Waals surface area contributed by atoms with Gasteiger partial charge in [0.1, 0.15) is 6.10 Å². The molecule has 0 radical (unpaired) electrons. The molecule has 112 valence electrons. The van der Waals surface area contributed by atoms with Crippen LogP contribution in [0.4, 0.5) is 0 Å². The molecule has 1 aromatic rings. The fourth-order valence-electron chi connectivity index (χ4n) is 2.71. The van der Waals surface area contributed by atoms with Gasteiger partial charge in [-0.3, -0.25) is 0 Å². The largest absolute Gasteiger partial charge is 0.474 e. The Morgan fingerprint density at radius 2 is 2.10 bits per heavy atom. The van der Waals surface area contributed by atoms with E-state index in [0.717, 1.165) is 38.2 Å². The minimum Gasteiger partial charge on any atom is -0.474 e. The highest BCUT2D eigenvalue weighted by Crippen LogP contribution is 2.36. The van der Waals surface area contributed by atoms with Gasteiger partial charge < -0.3 is 10.1 Å². The number of nitrogens with one attached hydrogen (secondary N) is 1. The zero-order valence-electron chi connectivity index (χ0n) is 13.1. The average molecular weight is 276 g/mol. The highest BCUT2D eigenvalue weighted by molar-refractivity contribution is 5.25. The van der Waals surface area contributed by atoms with Crippen LogP contribution >= 0.6 is 0 Å². The number of rotatable bonds is 6. The van der Waals surface area contributed by atoms with Crippen LogP contribution in [0.3, 0.4) is 0 Å². The molecular formula is C17H28N2O. The number of hydrogen-bond donors (Lipinski definition) is 1. The van der Waals surface area contributed by atoms with E-state index >= 15 is 0 Å². The summed E-state index contributed by atoms with van der Waals surface area (Å²) < 4.78 is 6.16. The topological polar surface area (TPSA) is 34.2 Å². The number of nitrogens with zero attached hydrogens (tertiary/aromatic N) is 1. The molecule has 0 saturated heterocycles. The van der Waals surface area contributed by atoms with E-state index in [4.69, 9.17) is 4.74 Å². The molecule has 1 aromatic heterocycles. The molecule has 1 fully saturated rings. The summed E-state index contributed by atoms with van der Waals surface area (Å²) >= 11 is 0. The molecule has 0 amide bonds. The van der Waals surface area contributed by atoms with Gasteiger partial charge in [0.2, 0.25) is 5.88 Å². The number of aromatic nitrogens is 1. The molecule has 0 unspecified atom stereocenters. The van der Waals surface area contributed by atoms with Crippen LogP contribution in [0.2, 0.25) is 0 Å². The predicted octanol–water partition coefficient (Wildman–Crippen LogP) is 3.93. The zero-order chi connectivity index (χ0) is 14.4. The van der Waals surface area contributed by atoms with Crippen molar-refractivity contribution in [2.45, 2.75) is 65.5 Å². The lowest BCUT2D eigenvalue weighted by Gasteiger charge is -2.34. The van der Waals surface area contributed by atoms with Gasteiger partial charge >= 0.3 is 0 Å². The third-order valence-corrected chi connectivity index (χ3v) is 4.16. The Hall–Kier alpha value is -1.09. The lowest BCUT2D eigenvalue weighted by molar-refractivity contribution is 0.0939.